The fraction of sp³-hybridized carbons (Fsp3) is 0.227. The first-order chi connectivity index (χ1) is 13.7. The topological polar surface area (TPSA) is 55.1 Å². The van der Waals surface area contributed by atoms with Gasteiger partial charge in [0.15, 0.2) is 0 Å². The van der Waals surface area contributed by atoms with Gasteiger partial charge in [-0.1, -0.05) is 13.0 Å². The van der Waals surface area contributed by atoms with Gasteiger partial charge in [-0.15, -0.1) is 0 Å². The van der Waals surface area contributed by atoms with Gasteiger partial charge in [0.1, 0.15) is 11.5 Å². The summed E-state index contributed by atoms with van der Waals surface area (Å²) in [4.78, 5) is 9.11. The largest absolute Gasteiger partial charge is 0.351 e. The van der Waals surface area contributed by atoms with Crippen molar-refractivity contribution in [2.24, 2.45) is 0 Å². The fourth-order valence-electron chi connectivity index (χ4n) is 3.43. The second-order valence-electron chi connectivity index (χ2n) is 7.08. The Bertz CT molecular complexity index is 1150. The van der Waals surface area contributed by atoms with Gasteiger partial charge >= 0.3 is 0 Å². The van der Waals surface area contributed by atoms with Gasteiger partial charge in [-0.05, 0) is 61.7 Å². The van der Waals surface area contributed by atoms with Crippen molar-refractivity contribution >= 4 is 11.5 Å². The molecule has 0 radical (unpaired) electrons. The van der Waals surface area contributed by atoms with E-state index in [4.69, 9.17) is 10.1 Å². The van der Waals surface area contributed by atoms with Crippen molar-refractivity contribution in [3.63, 3.8) is 0 Å². The van der Waals surface area contributed by atoms with E-state index >= 15 is 0 Å². The molecule has 5 rings (SSSR count). The van der Waals surface area contributed by atoms with E-state index in [1.54, 1.807) is 18.3 Å². The molecule has 0 atom stereocenters. The van der Waals surface area contributed by atoms with Crippen LogP contribution in [0.25, 0.3) is 28.0 Å². The predicted octanol–water partition coefficient (Wildman–Crippen LogP) is 4.73. The highest BCUT2D eigenvalue weighted by Gasteiger charge is 2.23. The Kier molecular flexibility index (Phi) is 4.04. The lowest BCUT2D eigenvalue weighted by atomic mass is 10.0. The van der Waals surface area contributed by atoms with E-state index in [1.807, 2.05) is 22.7 Å². The SMILES string of the molecule is CCc1cccc2c(-c3ccnc(NC4CC4)n3)c(-c3ccc(F)cc3)nn12. The third-order valence-corrected chi connectivity index (χ3v) is 5.04. The third-order valence-electron chi connectivity index (χ3n) is 5.04. The van der Waals surface area contributed by atoms with Crippen LogP contribution in [0.5, 0.6) is 0 Å². The summed E-state index contributed by atoms with van der Waals surface area (Å²) in [5.41, 5.74) is 5.48. The molecule has 3 aromatic heterocycles. The maximum atomic E-state index is 13.5. The normalized spacial score (nSPS) is 13.8. The van der Waals surface area contributed by atoms with E-state index in [2.05, 4.69) is 23.3 Å². The molecule has 0 spiro atoms. The second-order valence-corrected chi connectivity index (χ2v) is 7.08. The van der Waals surface area contributed by atoms with Crippen LogP contribution in [0.2, 0.25) is 0 Å². The van der Waals surface area contributed by atoms with Crippen LogP contribution in [0.3, 0.4) is 0 Å². The zero-order chi connectivity index (χ0) is 19.1. The van der Waals surface area contributed by atoms with E-state index in [1.165, 1.54) is 12.1 Å². The van der Waals surface area contributed by atoms with E-state index in [-0.39, 0.29) is 5.82 Å². The molecule has 6 heteroatoms. The number of aryl methyl sites for hydroxylation is 1. The average Bonchev–Trinajstić information content (AvgIpc) is 3.44. The van der Waals surface area contributed by atoms with Crippen molar-refractivity contribution in [1.82, 2.24) is 19.6 Å². The molecule has 0 saturated heterocycles. The highest BCUT2D eigenvalue weighted by molar-refractivity contribution is 5.91. The molecule has 1 N–H and O–H groups in total. The van der Waals surface area contributed by atoms with Crippen molar-refractivity contribution in [2.75, 3.05) is 5.32 Å². The molecule has 140 valence electrons. The van der Waals surface area contributed by atoms with Crippen molar-refractivity contribution < 1.29 is 4.39 Å². The molecule has 0 amide bonds. The first kappa shape index (κ1) is 16.9. The summed E-state index contributed by atoms with van der Waals surface area (Å²) >= 11 is 0. The van der Waals surface area contributed by atoms with E-state index in [0.29, 0.717) is 12.0 Å². The van der Waals surface area contributed by atoms with E-state index in [9.17, 15) is 4.39 Å². The lowest BCUT2D eigenvalue weighted by Gasteiger charge is -2.07. The Morgan fingerprint density at radius 3 is 2.68 bits per heavy atom. The zero-order valence-electron chi connectivity index (χ0n) is 15.6. The Labute approximate surface area is 162 Å². The molecule has 1 fully saturated rings. The zero-order valence-corrected chi connectivity index (χ0v) is 15.6. The number of benzene rings is 1. The van der Waals surface area contributed by atoms with Crippen LogP contribution in [0.1, 0.15) is 25.5 Å². The molecular weight excluding hydrogens is 353 g/mol. The third kappa shape index (κ3) is 3.01. The van der Waals surface area contributed by atoms with Gasteiger partial charge in [-0.25, -0.2) is 18.9 Å². The summed E-state index contributed by atoms with van der Waals surface area (Å²) in [6.07, 6.45) is 4.95. The number of anilines is 1. The minimum absolute atomic E-state index is 0.263. The number of halogens is 1. The van der Waals surface area contributed by atoms with Crippen LogP contribution in [-0.4, -0.2) is 25.6 Å². The Hall–Kier alpha value is -3.28. The second kappa shape index (κ2) is 6.71. The molecule has 1 aliphatic rings. The number of hydrogen-bond donors (Lipinski definition) is 1. The number of hydrogen-bond acceptors (Lipinski definition) is 4. The van der Waals surface area contributed by atoms with Crippen molar-refractivity contribution in [3.05, 3.63) is 66.2 Å². The number of aromatic nitrogens is 4. The van der Waals surface area contributed by atoms with Gasteiger partial charge in [-0.2, -0.15) is 5.10 Å². The Balaban J connectivity index is 1.73. The number of rotatable bonds is 5. The van der Waals surface area contributed by atoms with Gasteiger partial charge in [0, 0.05) is 23.5 Å². The molecule has 1 saturated carbocycles. The summed E-state index contributed by atoms with van der Waals surface area (Å²) in [5.74, 6) is 0.373. The lowest BCUT2D eigenvalue weighted by molar-refractivity contribution is 0.628. The molecule has 0 unspecified atom stereocenters. The summed E-state index contributed by atoms with van der Waals surface area (Å²) in [7, 11) is 0. The van der Waals surface area contributed by atoms with E-state index in [0.717, 1.165) is 53.0 Å². The number of pyridine rings is 1. The van der Waals surface area contributed by atoms with Gasteiger partial charge in [0.2, 0.25) is 5.95 Å². The van der Waals surface area contributed by atoms with Gasteiger partial charge < -0.3 is 5.32 Å². The average molecular weight is 373 g/mol. The molecule has 0 aliphatic heterocycles. The number of fused-ring (bicyclic) bond motifs is 1. The first-order valence-corrected chi connectivity index (χ1v) is 9.59. The maximum Gasteiger partial charge on any atom is 0.223 e. The van der Waals surface area contributed by atoms with Gasteiger partial charge in [-0.3, -0.25) is 0 Å². The highest BCUT2D eigenvalue weighted by atomic mass is 19.1. The van der Waals surface area contributed by atoms with Crippen LogP contribution in [0.4, 0.5) is 10.3 Å². The van der Waals surface area contributed by atoms with Gasteiger partial charge in [0.05, 0.1) is 16.8 Å². The summed E-state index contributed by atoms with van der Waals surface area (Å²) < 4.78 is 15.4. The Morgan fingerprint density at radius 1 is 1.11 bits per heavy atom. The summed E-state index contributed by atoms with van der Waals surface area (Å²) in [5, 5.41) is 8.23. The molecule has 4 aromatic rings. The van der Waals surface area contributed by atoms with Crippen LogP contribution in [0.15, 0.2) is 54.7 Å². The van der Waals surface area contributed by atoms with Crippen LogP contribution < -0.4 is 5.32 Å². The summed E-state index contributed by atoms with van der Waals surface area (Å²) in [6.45, 7) is 2.11. The molecule has 3 heterocycles. The fourth-order valence-corrected chi connectivity index (χ4v) is 3.43. The first-order valence-electron chi connectivity index (χ1n) is 9.59. The highest BCUT2D eigenvalue weighted by Crippen LogP contribution is 2.35. The van der Waals surface area contributed by atoms with Crippen molar-refractivity contribution in [3.8, 4) is 22.5 Å². The molecule has 0 bridgehead atoms. The van der Waals surface area contributed by atoms with Gasteiger partial charge in [0.25, 0.3) is 0 Å². The van der Waals surface area contributed by atoms with Crippen LogP contribution in [0, 0.1) is 5.82 Å². The maximum absolute atomic E-state index is 13.5. The lowest BCUT2D eigenvalue weighted by Crippen LogP contribution is -2.05. The van der Waals surface area contributed by atoms with Crippen LogP contribution in [-0.2, 0) is 6.42 Å². The molecule has 5 nitrogen and oxygen atoms in total. The molecule has 1 aromatic carbocycles. The van der Waals surface area contributed by atoms with Crippen molar-refractivity contribution in [2.45, 2.75) is 32.2 Å². The van der Waals surface area contributed by atoms with Crippen LogP contribution >= 0.6 is 0 Å². The standard InChI is InChI=1S/C22H20FN5/c1-2-17-4-3-5-19-20(18-12-13-24-22(26-18)25-16-10-11-16)21(27-28(17)19)14-6-8-15(23)9-7-14/h3-9,12-13,16H,2,10-11H2,1H3,(H,24,25,26). The number of nitrogens with zero attached hydrogens (tertiary/aromatic N) is 4. The minimum Gasteiger partial charge on any atom is -0.351 e. The minimum atomic E-state index is -0.263. The monoisotopic (exact) mass is 373 g/mol. The number of nitrogens with one attached hydrogen (secondary N) is 1. The molecular formula is C22H20FN5. The summed E-state index contributed by atoms with van der Waals surface area (Å²) in [6, 6.07) is 15.0. The van der Waals surface area contributed by atoms with E-state index < -0.39 is 0 Å². The molecule has 1 aliphatic carbocycles. The smallest absolute Gasteiger partial charge is 0.223 e. The Morgan fingerprint density at radius 2 is 1.93 bits per heavy atom. The predicted molar refractivity (Wildman–Crippen MR) is 108 cm³/mol. The van der Waals surface area contributed by atoms with Crippen molar-refractivity contribution in [1.29, 1.82) is 0 Å². The quantitative estimate of drug-likeness (QED) is 0.549. The molecule has 28 heavy (non-hydrogen) atoms.